The number of benzene rings is 1. The van der Waals surface area contributed by atoms with Crippen LogP contribution < -0.4 is 10.1 Å². The highest BCUT2D eigenvalue weighted by Gasteiger charge is 2.40. The Bertz CT molecular complexity index is 454. The third-order valence-electron chi connectivity index (χ3n) is 4.32. The lowest BCUT2D eigenvalue weighted by molar-refractivity contribution is 0.339. The van der Waals surface area contributed by atoms with Crippen molar-refractivity contribution in [2.45, 2.75) is 43.9 Å². The van der Waals surface area contributed by atoms with Crippen LogP contribution in [0.25, 0.3) is 0 Å². The van der Waals surface area contributed by atoms with E-state index in [9.17, 15) is 0 Å². The van der Waals surface area contributed by atoms with Gasteiger partial charge in [0.25, 0.3) is 0 Å². The van der Waals surface area contributed by atoms with Crippen molar-refractivity contribution in [3.63, 3.8) is 0 Å². The molecule has 1 saturated heterocycles. The van der Waals surface area contributed by atoms with Crippen molar-refractivity contribution in [1.29, 1.82) is 0 Å². The number of para-hydroxylation sites is 1. The second-order valence-corrected chi connectivity index (χ2v) is 7.32. The van der Waals surface area contributed by atoms with Crippen molar-refractivity contribution in [3.8, 4) is 5.75 Å². The summed E-state index contributed by atoms with van der Waals surface area (Å²) in [5.74, 6) is 2.44. The summed E-state index contributed by atoms with van der Waals surface area (Å²) in [6.45, 7) is 6.45. The monoisotopic (exact) mass is 277 g/mol. The number of hydrogen-bond acceptors (Lipinski definition) is 3. The molecule has 104 valence electrons. The van der Waals surface area contributed by atoms with Gasteiger partial charge >= 0.3 is 0 Å². The molecule has 1 aromatic carbocycles. The zero-order valence-corrected chi connectivity index (χ0v) is 12.7. The topological polar surface area (TPSA) is 21.3 Å². The van der Waals surface area contributed by atoms with Crippen LogP contribution in [-0.4, -0.2) is 23.7 Å². The Morgan fingerprint density at radius 2 is 2.37 bits per heavy atom. The van der Waals surface area contributed by atoms with Gasteiger partial charge in [0.1, 0.15) is 5.75 Å². The first kappa shape index (κ1) is 13.3. The van der Waals surface area contributed by atoms with Crippen molar-refractivity contribution >= 4 is 11.8 Å². The molecule has 2 nitrogen and oxygen atoms in total. The number of hydrogen-bond donors (Lipinski definition) is 1. The summed E-state index contributed by atoms with van der Waals surface area (Å²) in [7, 11) is 0. The first-order valence-electron chi connectivity index (χ1n) is 7.36. The molecule has 0 spiro atoms. The summed E-state index contributed by atoms with van der Waals surface area (Å²) in [5.41, 5.74) is 2.75. The smallest absolute Gasteiger partial charge is 0.127 e. The Kier molecular flexibility index (Phi) is 3.77. The van der Waals surface area contributed by atoms with E-state index in [2.05, 4.69) is 49.1 Å². The van der Waals surface area contributed by atoms with Gasteiger partial charge < -0.3 is 10.1 Å². The predicted octanol–water partition coefficient (Wildman–Crippen LogP) is 3.56. The van der Waals surface area contributed by atoms with Gasteiger partial charge in [-0.25, -0.2) is 0 Å². The second kappa shape index (κ2) is 5.37. The van der Waals surface area contributed by atoms with Crippen molar-refractivity contribution < 1.29 is 4.74 Å². The Morgan fingerprint density at radius 3 is 3.11 bits per heavy atom. The van der Waals surface area contributed by atoms with Gasteiger partial charge in [-0.3, -0.25) is 0 Å². The van der Waals surface area contributed by atoms with Crippen LogP contribution in [-0.2, 0) is 6.42 Å². The minimum Gasteiger partial charge on any atom is -0.493 e. The van der Waals surface area contributed by atoms with E-state index < -0.39 is 0 Å². The zero-order chi connectivity index (χ0) is 13.3. The fraction of sp³-hybridized carbons (Fsp3) is 0.625. The predicted molar refractivity (Wildman–Crippen MR) is 82.2 cm³/mol. The molecule has 3 heteroatoms. The maximum absolute atomic E-state index is 5.91. The highest BCUT2D eigenvalue weighted by atomic mass is 32.2. The van der Waals surface area contributed by atoms with Crippen molar-refractivity contribution in [1.82, 2.24) is 5.32 Å². The molecule has 0 aliphatic carbocycles. The molecule has 0 aromatic heterocycles. The molecule has 3 rings (SSSR count). The molecule has 2 heterocycles. The molecular weight excluding hydrogens is 254 g/mol. The van der Waals surface area contributed by atoms with E-state index in [4.69, 9.17) is 4.74 Å². The van der Waals surface area contributed by atoms with Crippen LogP contribution >= 0.6 is 11.8 Å². The summed E-state index contributed by atoms with van der Waals surface area (Å²) < 4.78 is 6.21. The van der Waals surface area contributed by atoms with Gasteiger partial charge in [0.2, 0.25) is 0 Å². The number of rotatable bonds is 4. The molecule has 19 heavy (non-hydrogen) atoms. The van der Waals surface area contributed by atoms with Crippen molar-refractivity contribution in [3.05, 3.63) is 29.3 Å². The number of fused-ring (bicyclic) bond motifs is 1. The average molecular weight is 277 g/mol. The van der Waals surface area contributed by atoms with E-state index in [1.54, 1.807) is 0 Å². The first-order valence-corrected chi connectivity index (χ1v) is 8.35. The molecule has 0 saturated carbocycles. The lowest BCUT2D eigenvalue weighted by Gasteiger charge is -2.35. The maximum atomic E-state index is 5.91. The van der Waals surface area contributed by atoms with E-state index in [1.165, 1.54) is 29.7 Å². The molecule has 1 fully saturated rings. The maximum Gasteiger partial charge on any atom is 0.127 e. The Morgan fingerprint density at radius 1 is 1.47 bits per heavy atom. The molecule has 1 N–H and O–H groups in total. The summed E-state index contributed by atoms with van der Waals surface area (Å²) >= 11 is 2.11. The molecular formula is C16H23NOS. The summed E-state index contributed by atoms with van der Waals surface area (Å²) in [6.07, 6.45) is 3.68. The zero-order valence-electron chi connectivity index (χ0n) is 11.9. The third-order valence-corrected chi connectivity index (χ3v) is 5.92. The Hall–Kier alpha value is -0.670. The normalized spacial score (nSPS) is 27.1. The lowest BCUT2D eigenvalue weighted by Crippen LogP contribution is -2.37. The fourth-order valence-corrected chi connectivity index (χ4v) is 4.78. The summed E-state index contributed by atoms with van der Waals surface area (Å²) in [5, 5.41) is 3.71. The molecule has 0 amide bonds. The van der Waals surface area contributed by atoms with Crippen LogP contribution in [0.2, 0.25) is 0 Å². The van der Waals surface area contributed by atoms with E-state index in [1.807, 2.05) is 0 Å². The van der Waals surface area contributed by atoms with Gasteiger partial charge in [0.15, 0.2) is 0 Å². The van der Waals surface area contributed by atoms with E-state index in [0.29, 0.717) is 10.8 Å². The van der Waals surface area contributed by atoms with Crippen LogP contribution in [0.5, 0.6) is 5.75 Å². The number of thioether (sulfide) groups is 1. The molecule has 2 unspecified atom stereocenters. The van der Waals surface area contributed by atoms with Gasteiger partial charge in [-0.05, 0) is 37.6 Å². The van der Waals surface area contributed by atoms with Crippen LogP contribution in [0.4, 0.5) is 0 Å². The van der Waals surface area contributed by atoms with Gasteiger partial charge in [0, 0.05) is 16.7 Å². The van der Waals surface area contributed by atoms with Crippen LogP contribution in [0.1, 0.15) is 43.9 Å². The average Bonchev–Trinajstić information content (AvgIpc) is 3.04. The van der Waals surface area contributed by atoms with E-state index in [0.717, 1.165) is 25.3 Å². The van der Waals surface area contributed by atoms with Crippen LogP contribution in [0, 0.1) is 0 Å². The standard InChI is InChI=1S/C16H23NOS/c1-3-17-15(16(2)9-5-11-19-16)13-7-4-6-12-8-10-18-14(12)13/h4,6-7,15,17H,3,5,8-11H2,1-2H3. The molecule has 0 radical (unpaired) electrons. The van der Waals surface area contributed by atoms with Gasteiger partial charge in [-0.15, -0.1) is 0 Å². The molecule has 2 aliphatic rings. The first-order chi connectivity index (χ1) is 9.24. The van der Waals surface area contributed by atoms with Crippen LogP contribution in [0.3, 0.4) is 0 Å². The molecule has 0 bridgehead atoms. The lowest BCUT2D eigenvalue weighted by atomic mass is 9.88. The second-order valence-electron chi connectivity index (χ2n) is 5.69. The van der Waals surface area contributed by atoms with Crippen molar-refractivity contribution in [2.75, 3.05) is 18.9 Å². The largest absolute Gasteiger partial charge is 0.493 e. The Balaban J connectivity index is 1.98. The third kappa shape index (κ3) is 2.38. The van der Waals surface area contributed by atoms with E-state index in [-0.39, 0.29) is 0 Å². The van der Waals surface area contributed by atoms with Crippen LogP contribution in [0.15, 0.2) is 18.2 Å². The highest BCUT2D eigenvalue weighted by molar-refractivity contribution is 8.00. The quantitative estimate of drug-likeness (QED) is 0.909. The summed E-state index contributed by atoms with van der Waals surface area (Å²) in [4.78, 5) is 0. The SMILES string of the molecule is CCNC(c1cccc2c1OCC2)C1(C)CCCS1. The molecule has 2 atom stereocenters. The van der Waals surface area contributed by atoms with Gasteiger partial charge in [-0.1, -0.05) is 25.1 Å². The van der Waals surface area contributed by atoms with Gasteiger partial charge in [0.05, 0.1) is 12.6 Å². The fourth-order valence-electron chi connectivity index (χ4n) is 3.36. The minimum atomic E-state index is 0.303. The minimum absolute atomic E-state index is 0.303. The number of ether oxygens (including phenoxy) is 1. The molecule has 1 aromatic rings. The number of nitrogens with one attached hydrogen (secondary N) is 1. The Labute approximate surface area is 120 Å². The van der Waals surface area contributed by atoms with Crippen molar-refractivity contribution in [2.24, 2.45) is 0 Å². The highest BCUT2D eigenvalue weighted by Crippen LogP contribution is 2.49. The van der Waals surface area contributed by atoms with E-state index >= 15 is 0 Å². The van der Waals surface area contributed by atoms with Gasteiger partial charge in [-0.2, -0.15) is 11.8 Å². The molecule has 2 aliphatic heterocycles. The summed E-state index contributed by atoms with van der Waals surface area (Å²) in [6, 6.07) is 7.05.